The molecule has 0 atom stereocenters. The number of halogens is 1. The van der Waals surface area contributed by atoms with Gasteiger partial charge in [0.1, 0.15) is 18.1 Å². The number of rotatable bonds is 9. The van der Waals surface area contributed by atoms with Gasteiger partial charge in [-0.1, -0.05) is 6.08 Å². The first-order chi connectivity index (χ1) is 16.0. The number of carbonyl (C=O) groups is 2. The zero-order valence-corrected chi connectivity index (χ0v) is 18.3. The van der Waals surface area contributed by atoms with Crippen LogP contribution in [0.15, 0.2) is 67.4 Å². The number of hydrogen-bond donors (Lipinski definition) is 1. The number of hydrogen-bond acceptors (Lipinski definition) is 4. The molecule has 0 bridgehead atoms. The maximum absolute atomic E-state index is 13.5. The van der Waals surface area contributed by atoms with Crippen molar-refractivity contribution < 1.29 is 18.7 Å². The summed E-state index contributed by atoms with van der Waals surface area (Å²) in [5.41, 5.74) is 2.08. The molecule has 7 nitrogen and oxygen atoms in total. The van der Waals surface area contributed by atoms with Crippen LogP contribution in [0.2, 0.25) is 0 Å². The number of amides is 2. The number of nitrogens with one attached hydrogen (secondary N) is 1. The zero-order valence-electron chi connectivity index (χ0n) is 18.3. The fourth-order valence-corrected chi connectivity index (χ4v) is 3.48. The molecular weight excluding hydrogens is 423 g/mol. The van der Waals surface area contributed by atoms with E-state index in [9.17, 15) is 14.0 Å². The predicted octanol–water partition coefficient (Wildman–Crippen LogP) is 4.05. The summed E-state index contributed by atoms with van der Waals surface area (Å²) in [5.74, 6) is 0.216. The highest BCUT2D eigenvalue weighted by Gasteiger charge is 2.33. The number of nitrogens with zero attached hydrogens (tertiary/aromatic N) is 3. The van der Waals surface area contributed by atoms with Gasteiger partial charge in [-0.3, -0.25) is 19.5 Å². The second-order valence-electron chi connectivity index (χ2n) is 7.85. The lowest BCUT2D eigenvalue weighted by atomic mass is 10.1. The molecule has 0 saturated heterocycles. The number of methoxy groups -OCH3 is 1. The number of anilines is 1. The van der Waals surface area contributed by atoms with Gasteiger partial charge in [0.25, 0.3) is 0 Å². The summed E-state index contributed by atoms with van der Waals surface area (Å²) in [5, 5.41) is 2.81. The van der Waals surface area contributed by atoms with E-state index in [4.69, 9.17) is 4.74 Å². The summed E-state index contributed by atoms with van der Waals surface area (Å²) in [6.45, 7) is 3.88. The third kappa shape index (κ3) is 5.28. The molecule has 8 heteroatoms. The van der Waals surface area contributed by atoms with Crippen molar-refractivity contribution in [1.82, 2.24) is 14.5 Å². The van der Waals surface area contributed by atoms with Crippen molar-refractivity contribution in [3.63, 3.8) is 0 Å². The van der Waals surface area contributed by atoms with Crippen LogP contribution < -0.4 is 10.1 Å². The molecular formula is C25H25FN4O3. The molecule has 33 heavy (non-hydrogen) atoms. The van der Waals surface area contributed by atoms with E-state index in [0.29, 0.717) is 23.7 Å². The van der Waals surface area contributed by atoms with Crippen LogP contribution in [0, 0.1) is 11.7 Å². The number of carbonyl (C=O) groups excluding carboxylic acids is 2. The van der Waals surface area contributed by atoms with Crippen LogP contribution in [0.4, 0.5) is 10.3 Å². The summed E-state index contributed by atoms with van der Waals surface area (Å²) in [7, 11) is 1.59. The molecule has 170 valence electrons. The molecule has 2 aromatic carbocycles. The van der Waals surface area contributed by atoms with Crippen molar-refractivity contribution in [3.8, 4) is 22.7 Å². The monoisotopic (exact) mass is 448 g/mol. The Kier molecular flexibility index (Phi) is 6.53. The van der Waals surface area contributed by atoms with E-state index in [1.165, 1.54) is 17.0 Å². The number of aromatic nitrogens is 2. The van der Waals surface area contributed by atoms with Gasteiger partial charge in [-0.2, -0.15) is 0 Å². The van der Waals surface area contributed by atoms with E-state index in [-0.39, 0.29) is 36.0 Å². The third-order valence-electron chi connectivity index (χ3n) is 5.37. The minimum atomic E-state index is -0.374. The van der Waals surface area contributed by atoms with Crippen molar-refractivity contribution in [2.45, 2.75) is 12.8 Å². The molecule has 4 rings (SSSR count). The maximum Gasteiger partial charge on any atom is 0.246 e. The van der Waals surface area contributed by atoms with Crippen LogP contribution >= 0.6 is 0 Å². The summed E-state index contributed by atoms with van der Waals surface area (Å²) < 4.78 is 20.3. The fraction of sp³-hybridized carbons (Fsp3) is 0.240. The lowest BCUT2D eigenvalue weighted by Gasteiger charge is -2.20. The number of imidazole rings is 1. The van der Waals surface area contributed by atoms with Crippen molar-refractivity contribution in [2.24, 2.45) is 5.92 Å². The largest absolute Gasteiger partial charge is 0.497 e. The van der Waals surface area contributed by atoms with Crippen LogP contribution in [0.5, 0.6) is 5.75 Å². The van der Waals surface area contributed by atoms with Crippen LogP contribution in [0.1, 0.15) is 12.8 Å². The van der Waals surface area contributed by atoms with E-state index in [1.807, 2.05) is 24.3 Å². The van der Waals surface area contributed by atoms with Gasteiger partial charge < -0.3 is 9.64 Å². The maximum atomic E-state index is 13.5. The van der Waals surface area contributed by atoms with E-state index < -0.39 is 0 Å². The smallest absolute Gasteiger partial charge is 0.246 e. The summed E-state index contributed by atoms with van der Waals surface area (Å²) in [6.07, 6.45) is 5.08. The van der Waals surface area contributed by atoms with Gasteiger partial charge >= 0.3 is 0 Å². The quantitative estimate of drug-likeness (QED) is 0.501. The van der Waals surface area contributed by atoms with Crippen molar-refractivity contribution >= 4 is 17.8 Å². The highest BCUT2D eigenvalue weighted by atomic mass is 19.1. The van der Waals surface area contributed by atoms with Crippen molar-refractivity contribution in [2.75, 3.05) is 25.5 Å². The fourth-order valence-electron chi connectivity index (χ4n) is 3.48. The number of benzene rings is 2. The lowest BCUT2D eigenvalue weighted by molar-refractivity contribution is -0.135. The summed E-state index contributed by atoms with van der Waals surface area (Å²) >= 11 is 0. The molecule has 1 aromatic heterocycles. The predicted molar refractivity (Wildman–Crippen MR) is 124 cm³/mol. The Hall–Kier alpha value is -3.94. The van der Waals surface area contributed by atoms with Gasteiger partial charge in [-0.15, -0.1) is 6.58 Å². The molecule has 1 aliphatic rings. The van der Waals surface area contributed by atoms with E-state index in [1.54, 1.807) is 36.1 Å². The molecule has 2 amide bonds. The first kappa shape index (κ1) is 22.3. The molecule has 0 unspecified atom stereocenters. The van der Waals surface area contributed by atoms with Crippen LogP contribution in [0.25, 0.3) is 16.9 Å². The van der Waals surface area contributed by atoms with Crippen molar-refractivity contribution in [1.29, 1.82) is 0 Å². The minimum Gasteiger partial charge on any atom is -0.497 e. The van der Waals surface area contributed by atoms with Gasteiger partial charge in [-0.25, -0.2) is 9.37 Å². The van der Waals surface area contributed by atoms with Gasteiger partial charge in [0, 0.05) is 29.9 Å². The Bertz CT molecular complexity index is 1150. The summed E-state index contributed by atoms with van der Waals surface area (Å²) in [4.78, 5) is 31.4. The Morgan fingerprint density at radius 3 is 2.52 bits per heavy atom. The van der Waals surface area contributed by atoms with Gasteiger partial charge in [0.15, 0.2) is 0 Å². The minimum absolute atomic E-state index is 0.000580. The van der Waals surface area contributed by atoms with Gasteiger partial charge in [0.2, 0.25) is 17.8 Å². The first-order valence-corrected chi connectivity index (χ1v) is 10.7. The molecule has 1 aliphatic carbocycles. The lowest BCUT2D eigenvalue weighted by Crippen LogP contribution is -2.39. The molecule has 1 saturated carbocycles. The van der Waals surface area contributed by atoms with Crippen LogP contribution in [-0.2, 0) is 9.59 Å². The standard InChI is InChI=1S/C25H25FN4O3/c1-3-14-29(24(32)18-4-5-18)16-23(31)28-25-27-22(17-6-12-21(33-2)13-7-17)15-30(25)20-10-8-19(26)9-11-20/h3,6-13,15,18H,1,4-5,14,16H2,2H3,(H,27,28,31). The molecule has 1 N–H and O–H groups in total. The highest BCUT2D eigenvalue weighted by Crippen LogP contribution is 2.31. The third-order valence-corrected chi connectivity index (χ3v) is 5.37. The average Bonchev–Trinajstić information content (AvgIpc) is 3.59. The van der Waals surface area contributed by atoms with Crippen LogP contribution in [-0.4, -0.2) is 46.5 Å². The Morgan fingerprint density at radius 1 is 1.21 bits per heavy atom. The average molecular weight is 448 g/mol. The zero-order chi connectivity index (χ0) is 23.4. The normalized spacial score (nSPS) is 12.8. The Labute approximate surface area is 191 Å². The molecule has 3 aromatic rings. The topological polar surface area (TPSA) is 76.5 Å². The van der Waals surface area contributed by atoms with Crippen molar-refractivity contribution in [3.05, 3.63) is 73.2 Å². The molecule has 1 heterocycles. The second-order valence-corrected chi connectivity index (χ2v) is 7.85. The van der Waals surface area contributed by atoms with E-state index >= 15 is 0 Å². The summed E-state index contributed by atoms with van der Waals surface area (Å²) in [6, 6.07) is 13.3. The van der Waals surface area contributed by atoms with Gasteiger partial charge in [0.05, 0.1) is 12.8 Å². The van der Waals surface area contributed by atoms with Gasteiger partial charge in [-0.05, 0) is 61.4 Å². The second kappa shape index (κ2) is 9.68. The molecule has 0 aliphatic heterocycles. The molecule has 1 fully saturated rings. The first-order valence-electron chi connectivity index (χ1n) is 10.7. The highest BCUT2D eigenvalue weighted by molar-refractivity contribution is 5.94. The van der Waals surface area contributed by atoms with E-state index in [0.717, 1.165) is 18.4 Å². The van der Waals surface area contributed by atoms with E-state index in [2.05, 4.69) is 16.9 Å². The Balaban J connectivity index is 1.61. The molecule has 0 spiro atoms. The SMILES string of the molecule is C=CCN(CC(=O)Nc1nc(-c2ccc(OC)cc2)cn1-c1ccc(F)cc1)C(=O)C1CC1. The number of ether oxygens (including phenoxy) is 1. The molecule has 0 radical (unpaired) electrons. The Morgan fingerprint density at radius 2 is 1.91 bits per heavy atom. The van der Waals surface area contributed by atoms with Crippen LogP contribution in [0.3, 0.4) is 0 Å².